The molecule has 0 saturated carbocycles. The molecule has 8 heterocycles. The monoisotopic (exact) mass is 1960 g/mol. The van der Waals surface area contributed by atoms with E-state index in [4.69, 9.17) is 58.0 Å². The average Bonchev–Trinajstić information content (AvgIpc) is 0.759. The Bertz CT molecular complexity index is 6120. The van der Waals surface area contributed by atoms with Crippen LogP contribution in [0.2, 0.25) is 25.1 Å². The van der Waals surface area contributed by atoms with Gasteiger partial charge in [0.25, 0.3) is 0 Å². The van der Waals surface area contributed by atoms with E-state index in [9.17, 15) is 0 Å². The van der Waals surface area contributed by atoms with Crippen molar-refractivity contribution in [2.45, 2.75) is 138 Å². The summed E-state index contributed by atoms with van der Waals surface area (Å²) in [5, 5.41) is 7.52. The SMILES string of the molecule is CN(CCN1c2ccccc2Sc2ccc(Cl)cc21)Cc1ccccc1.Clc1ccc2c(c1)N(C1CCCN(Cc3ccccc3)C1)c1ccccc1S2.Clc1ccc2c(c1)N(CCNCc1ccccc1)c1ccccc1S2.Clc1ccc2c(c1)N([C@@H]1CCCN(Cc3ccccc3)C1)c1ccccc1S2.Clc1ccc2c(c1)N([C@H]1CCCN(Cc3ccccc3)C1)c1ccccc1S2. The van der Waals surface area contributed by atoms with Crippen LogP contribution in [0.15, 0.2) is 413 Å². The molecule has 3 atom stereocenters. The number of piperidine rings is 3. The fourth-order valence-corrected chi connectivity index (χ4v) is 25.6. The van der Waals surface area contributed by atoms with Crippen LogP contribution in [0.3, 0.4) is 0 Å². The van der Waals surface area contributed by atoms with E-state index >= 15 is 0 Å². The van der Waals surface area contributed by atoms with Crippen molar-refractivity contribution < 1.29 is 0 Å². The zero-order valence-corrected chi connectivity index (χ0v) is 83.5. The van der Waals surface area contributed by atoms with Crippen molar-refractivity contribution in [1.29, 1.82) is 0 Å². The largest absolute Gasteiger partial charge is 0.338 e. The third kappa shape index (κ3) is 23.7. The normalized spacial score (nSPS) is 16.7. The lowest BCUT2D eigenvalue weighted by molar-refractivity contribution is 0.200. The van der Waals surface area contributed by atoms with Gasteiger partial charge in [-0.15, -0.1) is 0 Å². The van der Waals surface area contributed by atoms with Crippen molar-refractivity contribution in [2.24, 2.45) is 0 Å². The van der Waals surface area contributed by atoms with Crippen LogP contribution in [0.4, 0.5) is 56.9 Å². The Hall–Kier alpha value is -9.70. The highest BCUT2D eigenvalue weighted by atomic mass is 35.5. The van der Waals surface area contributed by atoms with Gasteiger partial charge >= 0.3 is 0 Å². The Labute approximate surface area is 843 Å². The second-order valence-corrected chi connectivity index (χ2v) is 42.9. The van der Waals surface area contributed by atoms with E-state index in [0.29, 0.717) is 18.1 Å². The number of halogens is 5. The number of likely N-dealkylation sites (tertiary alicyclic amines) is 3. The van der Waals surface area contributed by atoms with E-state index in [2.05, 4.69) is 384 Å². The van der Waals surface area contributed by atoms with Crippen LogP contribution < -0.4 is 29.8 Å². The number of nitrogens with zero attached hydrogens (tertiary/aromatic N) is 9. The van der Waals surface area contributed by atoms with Gasteiger partial charge in [0, 0.05) is 171 Å². The summed E-state index contributed by atoms with van der Waals surface area (Å²) in [7, 11) is 2.18. The molecule has 684 valence electrons. The number of fused-ring (bicyclic) bond motifs is 10. The van der Waals surface area contributed by atoms with Crippen LogP contribution in [-0.2, 0) is 32.7 Å². The van der Waals surface area contributed by atoms with Crippen LogP contribution >= 0.6 is 117 Å². The Morgan fingerprint density at radius 3 is 0.867 bits per heavy atom. The molecule has 0 radical (unpaired) electrons. The summed E-state index contributed by atoms with van der Waals surface area (Å²) in [5.74, 6) is 0. The van der Waals surface area contributed by atoms with Gasteiger partial charge < -0.3 is 34.7 Å². The molecule has 1 N–H and O–H groups in total. The molecular formula is C115H109Cl5N10S5. The Kier molecular flexibility index (Phi) is 31.9. The van der Waals surface area contributed by atoms with Crippen LogP contribution in [0, 0.1) is 0 Å². The van der Waals surface area contributed by atoms with Gasteiger partial charge in [0.2, 0.25) is 0 Å². The molecule has 135 heavy (non-hydrogen) atoms. The average molecular weight is 1970 g/mol. The Morgan fingerprint density at radius 2 is 0.533 bits per heavy atom. The van der Waals surface area contributed by atoms with Crippen molar-refractivity contribution >= 4 is 174 Å². The summed E-state index contributed by atoms with van der Waals surface area (Å²) in [6, 6.07) is 130. The number of likely N-dealkylation sites (N-methyl/N-ethyl adjacent to an activating group) is 1. The van der Waals surface area contributed by atoms with Gasteiger partial charge in [0.1, 0.15) is 0 Å². The third-order valence-electron chi connectivity index (χ3n) is 25.7. The van der Waals surface area contributed by atoms with Crippen LogP contribution in [0.5, 0.6) is 0 Å². The first-order chi connectivity index (χ1) is 66.3. The van der Waals surface area contributed by atoms with E-state index in [1.54, 1.807) is 0 Å². The number of anilines is 10. The van der Waals surface area contributed by atoms with Gasteiger partial charge in [-0.3, -0.25) is 14.7 Å². The molecule has 8 aliphatic heterocycles. The van der Waals surface area contributed by atoms with Gasteiger partial charge in [-0.2, -0.15) is 0 Å². The highest BCUT2D eigenvalue weighted by Crippen LogP contribution is 2.56. The highest BCUT2D eigenvalue weighted by Gasteiger charge is 2.37. The van der Waals surface area contributed by atoms with Crippen LogP contribution in [-0.4, -0.2) is 110 Å². The summed E-state index contributed by atoms with van der Waals surface area (Å²) in [4.78, 5) is 35.5. The first-order valence-corrected chi connectivity index (χ1v) is 52.8. The Balaban J connectivity index is 0.000000108. The van der Waals surface area contributed by atoms with Crippen molar-refractivity contribution in [3.63, 3.8) is 0 Å². The van der Waals surface area contributed by atoms with E-state index in [0.717, 1.165) is 123 Å². The number of nitrogens with one attached hydrogen (secondary N) is 1. The third-order valence-corrected chi connectivity index (χ3v) is 32.5. The predicted octanol–water partition coefficient (Wildman–Crippen LogP) is 31.6. The summed E-state index contributed by atoms with van der Waals surface area (Å²) >= 11 is 40.9. The second kappa shape index (κ2) is 45.7. The molecule has 10 nitrogen and oxygen atoms in total. The number of hydrogen-bond donors (Lipinski definition) is 1. The fourth-order valence-electron chi connectivity index (χ4n) is 19.5. The molecule has 0 amide bonds. The topological polar surface area (TPSA) is 41.2 Å². The summed E-state index contributed by atoms with van der Waals surface area (Å²) in [6.07, 6.45) is 7.28. The molecule has 1 unspecified atom stereocenters. The number of hydrogen-bond acceptors (Lipinski definition) is 15. The maximum absolute atomic E-state index is 6.40. The predicted molar refractivity (Wildman–Crippen MR) is 576 cm³/mol. The van der Waals surface area contributed by atoms with Crippen LogP contribution in [0.1, 0.15) is 66.3 Å². The van der Waals surface area contributed by atoms with E-state index in [1.165, 1.54) is 172 Å². The van der Waals surface area contributed by atoms with Crippen molar-refractivity contribution in [3.05, 3.63) is 417 Å². The smallest absolute Gasteiger partial charge is 0.0570 e. The molecule has 3 saturated heterocycles. The number of para-hydroxylation sites is 5. The number of rotatable bonds is 19. The molecule has 23 rings (SSSR count). The van der Waals surface area contributed by atoms with Gasteiger partial charge in [-0.1, -0.05) is 329 Å². The maximum atomic E-state index is 6.40. The maximum Gasteiger partial charge on any atom is 0.0570 e. The molecule has 20 heteroatoms. The molecule has 3 fully saturated rings. The highest BCUT2D eigenvalue weighted by molar-refractivity contribution is 8.00. The van der Waals surface area contributed by atoms with Crippen molar-refractivity contribution in [1.82, 2.24) is 24.9 Å². The standard InChI is InChI=1S/3C24H23ClN2S.C22H21ClN2S.C21H19ClN2S/c3*25-19-12-13-24-22(15-19)27(21-10-4-5-11-23(21)28-24)20-9-6-14-26(17-20)16-18-7-2-1-3-8-18;1-24(16-17-7-3-2-4-8-17)13-14-25-19-9-5-6-10-21(19)26-22-12-11-18(23)15-20(22)25;22-17-10-11-21-19(14-17)24(18-8-4-5-9-20(18)25-21)13-12-23-15-16-6-2-1-3-7-16/h3*1-5,7-8,10-13,15,20H,6,9,14,16-17H2;2-12,15H,13-14,16H2,1H3;1-11,14,23H,12-13,15H2/t2*20-;;;/m10.../s1. The molecule has 0 aliphatic carbocycles. The van der Waals surface area contributed by atoms with Gasteiger partial charge in [-0.05, 0) is 245 Å². The molecule has 0 bridgehead atoms. The van der Waals surface area contributed by atoms with Crippen molar-refractivity contribution in [2.75, 3.05) is 97.0 Å². The number of benzene rings is 15. The minimum Gasteiger partial charge on any atom is -0.338 e. The van der Waals surface area contributed by atoms with Gasteiger partial charge in [0.05, 0.1) is 56.9 Å². The Morgan fingerprint density at radius 1 is 0.274 bits per heavy atom. The summed E-state index contributed by atoms with van der Waals surface area (Å²) in [5.41, 5.74) is 19.4. The first-order valence-electron chi connectivity index (χ1n) is 46.9. The zero-order valence-electron chi connectivity index (χ0n) is 75.7. The fraction of sp³-hybridized carbons (Fsp3) is 0.217. The van der Waals surface area contributed by atoms with E-state index in [-0.39, 0.29) is 0 Å². The summed E-state index contributed by atoms with van der Waals surface area (Å²) in [6.45, 7) is 15.3. The van der Waals surface area contributed by atoms with Gasteiger partial charge in [0.15, 0.2) is 0 Å². The zero-order chi connectivity index (χ0) is 91.8. The minimum atomic E-state index is 0.455. The van der Waals surface area contributed by atoms with E-state index < -0.39 is 0 Å². The lowest BCUT2D eigenvalue weighted by Gasteiger charge is -2.43. The lowest BCUT2D eigenvalue weighted by Crippen LogP contribution is -2.46. The molecule has 8 aliphatic rings. The van der Waals surface area contributed by atoms with E-state index in [1.807, 2.05) is 95.2 Å². The molecular weight excluding hydrogens is 1860 g/mol. The minimum absolute atomic E-state index is 0.455. The molecule has 0 aromatic heterocycles. The van der Waals surface area contributed by atoms with Crippen LogP contribution in [0.25, 0.3) is 0 Å². The summed E-state index contributed by atoms with van der Waals surface area (Å²) < 4.78 is 0. The second-order valence-electron chi connectivity index (χ2n) is 35.3. The van der Waals surface area contributed by atoms with Gasteiger partial charge in [-0.25, -0.2) is 0 Å². The molecule has 15 aromatic carbocycles. The van der Waals surface area contributed by atoms with Crippen molar-refractivity contribution in [3.8, 4) is 0 Å². The first kappa shape index (κ1) is 94.3. The molecule has 0 spiro atoms. The lowest BCUT2D eigenvalue weighted by atomic mass is 10.0. The molecule has 15 aromatic rings. The quantitative estimate of drug-likeness (QED) is 0.0781.